The van der Waals surface area contributed by atoms with Crippen LogP contribution >= 0.6 is 0 Å². The van der Waals surface area contributed by atoms with E-state index in [2.05, 4.69) is 30.4 Å². The average Bonchev–Trinajstić information content (AvgIpc) is 3.09. The van der Waals surface area contributed by atoms with E-state index >= 15 is 0 Å². The molecule has 1 aromatic carbocycles. The van der Waals surface area contributed by atoms with Crippen LogP contribution in [-0.2, 0) is 16.6 Å². The minimum atomic E-state index is -0.752. The maximum atomic E-state index is 12.1. The molecule has 1 fully saturated rings. The van der Waals surface area contributed by atoms with Crippen LogP contribution in [0.5, 0.6) is 0 Å². The summed E-state index contributed by atoms with van der Waals surface area (Å²) in [6, 6.07) is 8.76. The van der Waals surface area contributed by atoms with Gasteiger partial charge >= 0.3 is 0 Å². The van der Waals surface area contributed by atoms with Crippen molar-refractivity contribution in [3.63, 3.8) is 0 Å². The van der Waals surface area contributed by atoms with Crippen molar-refractivity contribution in [2.45, 2.75) is 31.6 Å². The van der Waals surface area contributed by atoms with Crippen LogP contribution in [0.1, 0.15) is 24.0 Å². The Labute approximate surface area is 106 Å². The number of aryl methyl sites for hydroxylation is 1. The summed E-state index contributed by atoms with van der Waals surface area (Å²) >= 11 is 0. The SMILES string of the molecule is CNC(CS(=O)Cc1cccc(C)c1)C1CC1. The highest BCUT2D eigenvalue weighted by molar-refractivity contribution is 7.84. The van der Waals surface area contributed by atoms with E-state index in [0.29, 0.717) is 11.8 Å². The molecular formula is C14H21NOS. The number of hydrogen-bond donors (Lipinski definition) is 1. The predicted octanol–water partition coefficient (Wildman–Crippen LogP) is 2.24. The summed E-state index contributed by atoms with van der Waals surface area (Å²) in [5.74, 6) is 2.24. The lowest BCUT2D eigenvalue weighted by molar-refractivity contribution is 0.546. The van der Waals surface area contributed by atoms with E-state index in [1.807, 2.05) is 13.1 Å². The Hall–Kier alpha value is -0.670. The Morgan fingerprint density at radius 2 is 2.24 bits per heavy atom. The van der Waals surface area contributed by atoms with Crippen LogP contribution in [0.3, 0.4) is 0 Å². The summed E-state index contributed by atoms with van der Waals surface area (Å²) in [6.07, 6.45) is 2.60. The molecule has 1 aliphatic rings. The lowest BCUT2D eigenvalue weighted by Gasteiger charge is -2.14. The molecular weight excluding hydrogens is 230 g/mol. The fourth-order valence-electron chi connectivity index (χ4n) is 2.20. The lowest BCUT2D eigenvalue weighted by atomic mass is 10.2. The zero-order chi connectivity index (χ0) is 12.3. The summed E-state index contributed by atoms with van der Waals surface area (Å²) < 4.78 is 12.1. The zero-order valence-electron chi connectivity index (χ0n) is 10.6. The lowest BCUT2D eigenvalue weighted by Crippen LogP contribution is -2.33. The molecule has 0 aromatic heterocycles. The zero-order valence-corrected chi connectivity index (χ0v) is 11.4. The normalized spacial score (nSPS) is 18.9. The standard InChI is InChI=1S/C14H21NOS/c1-11-4-3-5-12(8-11)9-17(16)10-14(15-2)13-6-7-13/h3-5,8,13-15H,6-7,9-10H2,1-2H3. The van der Waals surface area contributed by atoms with Crippen molar-refractivity contribution >= 4 is 10.8 Å². The van der Waals surface area contributed by atoms with Gasteiger partial charge in [0.1, 0.15) is 0 Å². The van der Waals surface area contributed by atoms with Gasteiger partial charge in [0.2, 0.25) is 0 Å². The second kappa shape index (κ2) is 5.78. The van der Waals surface area contributed by atoms with Gasteiger partial charge in [0, 0.05) is 28.3 Å². The van der Waals surface area contributed by atoms with Crippen LogP contribution in [0, 0.1) is 12.8 Å². The van der Waals surface area contributed by atoms with Crippen molar-refractivity contribution in [2.75, 3.05) is 12.8 Å². The molecule has 17 heavy (non-hydrogen) atoms. The molecule has 0 saturated heterocycles. The Bertz CT molecular complexity index is 401. The van der Waals surface area contributed by atoms with E-state index in [9.17, 15) is 4.21 Å². The van der Waals surface area contributed by atoms with Crippen LogP contribution in [0.15, 0.2) is 24.3 Å². The second-order valence-corrected chi connectivity index (χ2v) is 6.47. The fraction of sp³-hybridized carbons (Fsp3) is 0.571. The summed E-state index contributed by atoms with van der Waals surface area (Å²) in [6.45, 7) is 2.08. The molecule has 2 unspecified atom stereocenters. The molecule has 0 amide bonds. The molecule has 0 aliphatic heterocycles. The van der Waals surface area contributed by atoms with Crippen molar-refractivity contribution in [3.05, 3.63) is 35.4 Å². The van der Waals surface area contributed by atoms with Gasteiger partial charge in [-0.25, -0.2) is 0 Å². The molecule has 1 aliphatic carbocycles. The molecule has 1 aromatic rings. The topological polar surface area (TPSA) is 29.1 Å². The molecule has 94 valence electrons. The van der Waals surface area contributed by atoms with Crippen molar-refractivity contribution in [1.82, 2.24) is 5.32 Å². The quantitative estimate of drug-likeness (QED) is 0.840. The Morgan fingerprint density at radius 1 is 1.47 bits per heavy atom. The van der Waals surface area contributed by atoms with Crippen molar-refractivity contribution < 1.29 is 4.21 Å². The van der Waals surface area contributed by atoms with E-state index in [0.717, 1.165) is 11.7 Å². The van der Waals surface area contributed by atoms with Crippen LogP contribution in [-0.4, -0.2) is 23.1 Å². The molecule has 2 rings (SSSR count). The molecule has 0 radical (unpaired) electrons. The largest absolute Gasteiger partial charge is 0.316 e. The first-order chi connectivity index (χ1) is 8.19. The first-order valence-electron chi connectivity index (χ1n) is 6.27. The van der Waals surface area contributed by atoms with Gasteiger partial charge in [-0.3, -0.25) is 4.21 Å². The molecule has 0 spiro atoms. The Balaban J connectivity index is 1.88. The van der Waals surface area contributed by atoms with Gasteiger partial charge in [0.25, 0.3) is 0 Å². The molecule has 2 nitrogen and oxygen atoms in total. The van der Waals surface area contributed by atoms with Crippen LogP contribution in [0.25, 0.3) is 0 Å². The smallest absolute Gasteiger partial charge is 0.0486 e. The molecule has 0 heterocycles. The third-order valence-corrected chi connectivity index (χ3v) is 4.72. The van der Waals surface area contributed by atoms with Gasteiger partial charge in [0.15, 0.2) is 0 Å². The average molecular weight is 251 g/mol. The first kappa shape index (κ1) is 12.8. The summed E-state index contributed by atoms with van der Waals surface area (Å²) in [7, 11) is 1.23. The Kier molecular flexibility index (Phi) is 4.35. The van der Waals surface area contributed by atoms with Gasteiger partial charge < -0.3 is 5.32 Å². The minimum absolute atomic E-state index is 0.445. The van der Waals surface area contributed by atoms with Gasteiger partial charge in [-0.2, -0.15) is 0 Å². The second-order valence-electron chi connectivity index (χ2n) is 4.97. The van der Waals surface area contributed by atoms with Crippen molar-refractivity contribution in [3.8, 4) is 0 Å². The molecule has 3 heteroatoms. The monoisotopic (exact) mass is 251 g/mol. The molecule has 2 atom stereocenters. The Morgan fingerprint density at radius 3 is 2.82 bits per heavy atom. The highest BCUT2D eigenvalue weighted by Gasteiger charge is 2.31. The van der Waals surface area contributed by atoms with Crippen LogP contribution < -0.4 is 5.32 Å². The number of rotatable bonds is 6. The van der Waals surface area contributed by atoms with Gasteiger partial charge in [-0.05, 0) is 38.3 Å². The first-order valence-corrected chi connectivity index (χ1v) is 7.75. The van der Waals surface area contributed by atoms with Crippen molar-refractivity contribution in [1.29, 1.82) is 0 Å². The van der Waals surface area contributed by atoms with Gasteiger partial charge in [-0.15, -0.1) is 0 Å². The molecule has 1 N–H and O–H groups in total. The van der Waals surface area contributed by atoms with E-state index in [-0.39, 0.29) is 0 Å². The van der Waals surface area contributed by atoms with Crippen molar-refractivity contribution in [2.24, 2.45) is 5.92 Å². The molecule has 1 saturated carbocycles. The van der Waals surface area contributed by atoms with Crippen LogP contribution in [0.4, 0.5) is 0 Å². The van der Waals surface area contributed by atoms with Gasteiger partial charge in [0.05, 0.1) is 0 Å². The maximum absolute atomic E-state index is 12.1. The van der Waals surface area contributed by atoms with Crippen LogP contribution in [0.2, 0.25) is 0 Å². The minimum Gasteiger partial charge on any atom is -0.316 e. The van der Waals surface area contributed by atoms with Gasteiger partial charge in [-0.1, -0.05) is 29.8 Å². The summed E-state index contributed by atoms with van der Waals surface area (Å²) in [4.78, 5) is 0. The predicted molar refractivity (Wildman–Crippen MR) is 73.5 cm³/mol. The van der Waals surface area contributed by atoms with E-state index in [1.54, 1.807) is 0 Å². The third-order valence-electron chi connectivity index (χ3n) is 3.34. The third kappa shape index (κ3) is 3.93. The number of benzene rings is 1. The fourth-order valence-corrected chi connectivity index (χ4v) is 3.71. The summed E-state index contributed by atoms with van der Waals surface area (Å²) in [5.41, 5.74) is 2.43. The van der Waals surface area contributed by atoms with E-state index in [4.69, 9.17) is 0 Å². The summed E-state index contributed by atoms with van der Waals surface area (Å²) in [5, 5.41) is 3.30. The highest BCUT2D eigenvalue weighted by Crippen LogP contribution is 2.32. The molecule has 0 bridgehead atoms. The maximum Gasteiger partial charge on any atom is 0.0486 e. The van der Waals surface area contributed by atoms with E-state index in [1.165, 1.54) is 24.0 Å². The number of nitrogens with one attached hydrogen (secondary N) is 1. The number of hydrogen-bond acceptors (Lipinski definition) is 2. The van der Waals surface area contributed by atoms with E-state index < -0.39 is 10.8 Å². The highest BCUT2D eigenvalue weighted by atomic mass is 32.2.